The van der Waals surface area contributed by atoms with E-state index in [1.807, 2.05) is 36.4 Å². The number of fused-ring (bicyclic) bond motifs is 1. The Kier molecular flexibility index (Phi) is 3.59. The number of carbonyl (C=O) groups excluding carboxylic acids is 1. The molecule has 1 aliphatic rings. The van der Waals surface area contributed by atoms with E-state index in [-0.39, 0.29) is 5.91 Å². The summed E-state index contributed by atoms with van der Waals surface area (Å²) in [5, 5.41) is 14.0. The Bertz CT molecular complexity index is 702. The van der Waals surface area contributed by atoms with Gasteiger partial charge in [-0.3, -0.25) is 4.79 Å². The van der Waals surface area contributed by atoms with E-state index in [2.05, 4.69) is 5.32 Å². The maximum absolute atomic E-state index is 12.5. The molecule has 21 heavy (non-hydrogen) atoms. The minimum Gasteiger partial charge on any atom is -0.479 e. The summed E-state index contributed by atoms with van der Waals surface area (Å²) in [6.45, 7) is 0. The highest BCUT2D eigenvalue weighted by molar-refractivity contribution is 7.99. The number of hydrogen-bond donors (Lipinski definition) is 2. The quantitative estimate of drug-likeness (QED) is 0.914. The van der Waals surface area contributed by atoms with E-state index in [0.29, 0.717) is 17.7 Å². The standard InChI is InChI=1S/C16H15NO3S/c18-14(17-16(15(19)20)8-9-21-10-16)13-7-3-5-11-4-1-2-6-12(11)13/h1-7H,8-10H2,(H,17,18)(H,19,20). The van der Waals surface area contributed by atoms with Crippen LogP contribution in [0, 0.1) is 0 Å². The first-order chi connectivity index (χ1) is 10.1. The molecule has 1 unspecified atom stereocenters. The van der Waals surface area contributed by atoms with Gasteiger partial charge in [0, 0.05) is 11.3 Å². The molecule has 0 radical (unpaired) electrons. The number of benzene rings is 2. The Morgan fingerprint density at radius 3 is 2.62 bits per heavy atom. The largest absolute Gasteiger partial charge is 0.479 e. The van der Waals surface area contributed by atoms with Crippen LogP contribution in [-0.2, 0) is 4.79 Å². The summed E-state index contributed by atoms with van der Waals surface area (Å²) in [6, 6.07) is 13.1. The first-order valence-corrected chi connectivity index (χ1v) is 7.89. The molecule has 1 aliphatic heterocycles. The van der Waals surface area contributed by atoms with E-state index in [9.17, 15) is 14.7 Å². The molecular weight excluding hydrogens is 286 g/mol. The summed E-state index contributed by atoms with van der Waals surface area (Å²) in [7, 11) is 0. The summed E-state index contributed by atoms with van der Waals surface area (Å²) in [5.74, 6) is -0.112. The van der Waals surface area contributed by atoms with E-state index in [1.54, 1.807) is 17.8 Å². The van der Waals surface area contributed by atoms with Gasteiger partial charge in [0.15, 0.2) is 0 Å². The zero-order valence-corrected chi connectivity index (χ0v) is 12.2. The molecule has 1 amide bonds. The van der Waals surface area contributed by atoms with Crippen LogP contribution in [0.3, 0.4) is 0 Å². The van der Waals surface area contributed by atoms with Crippen LogP contribution in [0.15, 0.2) is 42.5 Å². The Morgan fingerprint density at radius 1 is 1.14 bits per heavy atom. The molecule has 3 rings (SSSR count). The van der Waals surface area contributed by atoms with Crippen molar-refractivity contribution < 1.29 is 14.7 Å². The van der Waals surface area contributed by atoms with Gasteiger partial charge in [-0.25, -0.2) is 4.79 Å². The van der Waals surface area contributed by atoms with Crippen molar-refractivity contribution in [2.45, 2.75) is 12.0 Å². The third-order valence-electron chi connectivity index (χ3n) is 3.82. The van der Waals surface area contributed by atoms with Crippen LogP contribution in [0.4, 0.5) is 0 Å². The van der Waals surface area contributed by atoms with Crippen LogP contribution < -0.4 is 5.32 Å². The molecule has 0 bridgehead atoms. The number of hydrogen-bond acceptors (Lipinski definition) is 3. The number of aliphatic carboxylic acids is 1. The van der Waals surface area contributed by atoms with E-state index in [1.165, 1.54) is 0 Å². The van der Waals surface area contributed by atoms with Crippen molar-refractivity contribution in [2.75, 3.05) is 11.5 Å². The van der Waals surface area contributed by atoms with Gasteiger partial charge in [-0.15, -0.1) is 0 Å². The van der Waals surface area contributed by atoms with Gasteiger partial charge in [0.1, 0.15) is 5.54 Å². The van der Waals surface area contributed by atoms with E-state index in [4.69, 9.17) is 0 Å². The number of nitrogens with one attached hydrogen (secondary N) is 1. The number of carbonyl (C=O) groups is 2. The fraction of sp³-hybridized carbons (Fsp3) is 0.250. The number of carboxylic acids is 1. The normalized spacial score (nSPS) is 21.3. The second-order valence-corrected chi connectivity index (χ2v) is 6.28. The van der Waals surface area contributed by atoms with Gasteiger partial charge in [-0.1, -0.05) is 36.4 Å². The molecular formula is C16H15NO3S. The zero-order valence-electron chi connectivity index (χ0n) is 11.3. The molecule has 5 heteroatoms. The smallest absolute Gasteiger partial charge is 0.330 e. The average Bonchev–Trinajstić information content (AvgIpc) is 2.96. The van der Waals surface area contributed by atoms with Crippen molar-refractivity contribution in [3.8, 4) is 0 Å². The Morgan fingerprint density at radius 2 is 1.90 bits per heavy atom. The Hall–Kier alpha value is -2.01. The number of thioether (sulfide) groups is 1. The predicted molar refractivity (Wildman–Crippen MR) is 83.7 cm³/mol. The lowest BCUT2D eigenvalue weighted by atomic mass is 9.97. The minimum absolute atomic E-state index is 0.322. The van der Waals surface area contributed by atoms with Gasteiger partial charge in [0.25, 0.3) is 5.91 Å². The van der Waals surface area contributed by atoms with Gasteiger partial charge in [0.05, 0.1) is 0 Å². The predicted octanol–water partition coefficient (Wildman–Crippen LogP) is 2.53. The second-order valence-electron chi connectivity index (χ2n) is 5.17. The van der Waals surface area contributed by atoms with Crippen molar-refractivity contribution in [3.05, 3.63) is 48.0 Å². The molecule has 0 aliphatic carbocycles. The SMILES string of the molecule is O=C(NC1(C(=O)O)CCSC1)c1cccc2ccccc12. The summed E-state index contributed by atoms with van der Waals surface area (Å²) in [4.78, 5) is 24.1. The third-order valence-corrected chi connectivity index (χ3v) is 5.01. The van der Waals surface area contributed by atoms with Crippen molar-refractivity contribution in [1.29, 1.82) is 0 Å². The highest BCUT2D eigenvalue weighted by Gasteiger charge is 2.43. The van der Waals surface area contributed by atoms with Crippen molar-refractivity contribution in [1.82, 2.24) is 5.32 Å². The molecule has 1 atom stereocenters. The lowest BCUT2D eigenvalue weighted by Crippen LogP contribution is -2.54. The molecule has 0 aromatic heterocycles. The molecule has 1 saturated heterocycles. The van der Waals surface area contributed by atoms with E-state index < -0.39 is 11.5 Å². The maximum atomic E-state index is 12.5. The zero-order chi connectivity index (χ0) is 14.9. The molecule has 0 saturated carbocycles. The van der Waals surface area contributed by atoms with Gasteiger partial charge >= 0.3 is 5.97 Å². The van der Waals surface area contributed by atoms with Gasteiger partial charge in [-0.05, 0) is 29.0 Å². The molecule has 2 N–H and O–H groups in total. The number of rotatable bonds is 3. The molecule has 2 aromatic rings. The summed E-state index contributed by atoms with van der Waals surface area (Å²) >= 11 is 1.55. The molecule has 1 heterocycles. The highest BCUT2D eigenvalue weighted by atomic mass is 32.2. The molecule has 1 fully saturated rings. The van der Waals surface area contributed by atoms with Crippen LogP contribution in [0.1, 0.15) is 16.8 Å². The Balaban J connectivity index is 1.96. The highest BCUT2D eigenvalue weighted by Crippen LogP contribution is 2.29. The fourth-order valence-electron chi connectivity index (χ4n) is 2.59. The molecule has 2 aromatic carbocycles. The monoisotopic (exact) mass is 301 g/mol. The van der Waals surface area contributed by atoms with Gasteiger partial charge < -0.3 is 10.4 Å². The van der Waals surface area contributed by atoms with Crippen molar-refractivity contribution >= 4 is 34.4 Å². The van der Waals surface area contributed by atoms with Crippen LogP contribution in [0.2, 0.25) is 0 Å². The van der Waals surface area contributed by atoms with Gasteiger partial charge in [-0.2, -0.15) is 11.8 Å². The summed E-state index contributed by atoms with van der Waals surface area (Å²) in [5.41, 5.74) is -0.621. The topological polar surface area (TPSA) is 66.4 Å². The van der Waals surface area contributed by atoms with Crippen LogP contribution in [0.5, 0.6) is 0 Å². The van der Waals surface area contributed by atoms with E-state index >= 15 is 0 Å². The average molecular weight is 301 g/mol. The maximum Gasteiger partial charge on any atom is 0.330 e. The Labute approximate surface area is 126 Å². The minimum atomic E-state index is -1.14. The second kappa shape index (κ2) is 5.41. The first kappa shape index (κ1) is 13.9. The number of amides is 1. The van der Waals surface area contributed by atoms with Crippen molar-refractivity contribution in [2.24, 2.45) is 0 Å². The van der Waals surface area contributed by atoms with Gasteiger partial charge in [0.2, 0.25) is 0 Å². The first-order valence-electron chi connectivity index (χ1n) is 6.74. The van der Waals surface area contributed by atoms with E-state index in [0.717, 1.165) is 16.5 Å². The number of carboxylic acid groups (broad SMARTS) is 1. The van der Waals surface area contributed by atoms with Crippen LogP contribution in [0.25, 0.3) is 10.8 Å². The molecule has 108 valence electrons. The summed E-state index contributed by atoms with van der Waals surface area (Å²) < 4.78 is 0. The van der Waals surface area contributed by atoms with Crippen molar-refractivity contribution in [3.63, 3.8) is 0 Å². The lowest BCUT2D eigenvalue weighted by Gasteiger charge is -2.24. The lowest BCUT2D eigenvalue weighted by molar-refractivity contribution is -0.143. The van der Waals surface area contributed by atoms with Crippen LogP contribution >= 0.6 is 11.8 Å². The molecule has 0 spiro atoms. The fourth-order valence-corrected chi connectivity index (χ4v) is 3.92. The van der Waals surface area contributed by atoms with Crippen LogP contribution in [-0.4, -0.2) is 34.0 Å². The molecule has 4 nitrogen and oxygen atoms in total. The third kappa shape index (κ3) is 2.49. The summed E-state index contributed by atoms with van der Waals surface area (Å²) in [6.07, 6.45) is 0.462.